The predicted molar refractivity (Wildman–Crippen MR) is 93.3 cm³/mol. The smallest absolute Gasteiger partial charge is 0.209 e. The van der Waals surface area contributed by atoms with Crippen molar-refractivity contribution < 1.29 is 13.2 Å². The van der Waals surface area contributed by atoms with Gasteiger partial charge in [0.2, 0.25) is 10.0 Å². The van der Waals surface area contributed by atoms with E-state index in [0.29, 0.717) is 19.1 Å². The summed E-state index contributed by atoms with van der Waals surface area (Å²) in [4.78, 5) is 4.07. The first kappa shape index (κ1) is 22.2. The summed E-state index contributed by atoms with van der Waals surface area (Å²) < 4.78 is 30.0. The normalized spacial score (nSPS) is 14.4. The van der Waals surface area contributed by atoms with Crippen LogP contribution in [0.4, 0.5) is 0 Å². The van der Waals surface area contributed by atoms with Crippen LogP contribution in [0.1, 0.15) is 20.8 Å². The van der Waals surface area contributed by atoms with Crippen LogP contribution in [-0.2, 0) is 14.8 Å². The Kier molecular flexibility index (Phi) is 10.8. The van der Waals surface area contributed by atoms with E-state index in [1.807, 2.05) is 6.92 Å². The van der Waals surface area contributed by atoms with Crippen molar-refractivity contribution in [1.29, 1.82) is 0 Å². The highest BCUT2D eigenvalue weighted by molar-refractivity contribution is 14.0. The van der Waals surface area contributed by atoms with E-state index in [9.17, 15) is 8.42 Å². The number of methoxy groups -OCH3 is 1. The number of rotatable bonds is 7. The fraction of sp³-hybridized carbons (Fsp3) is 0.909. The summed E-state index contributed by atoms with van der Waals surface area (Å²) in [7, 11) is 0.0527. The number of sulfonamides is 1. The Morgan fingerprint density at radius 1 is 1.40 bits per heavy atom. The molecule has 20 heavy (non-hydrogen) atoms. The van der Waals surface area contributed by atoms with Gasteiger partial charge in [0.25, 0.3) is 0 Å². The molecule has 9 heteroatoms. The molecule has 0 aromatic heterocycles. The van der Waals surface area contributed by atoms with Crippen LogP contribution in [0, 0.1) is 0 Å². The second-order valence-corrected chi connectivity index (χ2v) is 6.93. The van der Waals surface area contributed by atoms with Gasteiger partial charge < -0.3 is 15.4 Å². The predicted octanol–water partition coefficient (Wildman–Crippen LogP) is 0.132. The van der Waals surface area contributed by atoms with E-state index < -0.39 is 15.6 Å². The van der Waals surface area contributed by atoms with Crippen LogP contribution in [0.15, 0.2) is 4.99 Å². The third kappa shape index (κ3) is 11.7. The molecule has 1 unspecified atom stereocenters. The summed E-state index contributed by atoms with van der Waals surface area (Å²) in [6.07, 6.45) is 1.14. The molecule has 0 aromatic rings. The van der Waals surface area contributed by atoms with Crippen molar-refractivity contribution in [3.63, 3.8) is 0 Å². The van der Waals surface area contributed by atoms with Crippen molar-refractivity contribution in [2.75, 3.05) is 33.6 Å². The summed E-state index contributed by atoms with van der Waals surface area (Å²) in [6.45, 7) is 6.54. The molecule has 0 amide bonds. The maximum Gasteiger partial charge on any atom is 0.209 e. The summed E-state index contributed by atoms with van der Waals surface area (Å²) >= 11 is 0. The molecule has 0 spiro atoms. The van der Waals surface area contributed by atoms with Crippen molar-refractivity contribution in [2.24, 2.45) is 4.99 Å². The number of hydrogen-bond donors (Lipinski definition) is 3. The quantitative estimate of drug-likeness (QED) is 0.308. The first-order valence-electron chi connectivity index (χ1n) is 6.04. The van der Waals surface area contributed by atoms with Crippen LogP contribution in [0.2, 0.25) is 0 Å². The highest BCUT2D eigenvalue weighted by atomic mass is 127. The molecule has 0 rings (SSSR count). The zero-order valence-electron chi connectivity index (χ0n) is 13.0. The van der Waals surface area contributed by atoms with Gasteiger partial charge in [-0.05, 0) is 20.8 Å². The lowest BCUT2D eigenvalue weighted by Gasteiger charge is -2.27. The van der Waals surface area contributed by atoms with Crippen LogP contribution in [-0.4, -0.2) is 59.5 Å². The molecule has 122 valence electrons. The number of aliphatic imine (C=N–C) groups is 1. The molecule has 0 saturated heterocycles. The topological polar surface area (TPSA) is 91.8 Å². The largest absolute Gasteiger partial charge is 0.383 e. The zero-order chi connectivity index (χ0) is 15.1. The maximum absolute atomic E-state index is 11.2. The number of ether oxygens (including phenoxy) is 1. The molecule has 0 bridgehead atoms. The number of nitrogens with one attached hydrogen (secondary N) is 3. The Bertz CT molecular complexity index is 398. The van der Waals surface area contributed by atoms with Crippen molar-refractivity contribution in [3.05, 3.63) is 0 Å². The number of hydrogen-bond acceptors (Lipinski definition) is 4. The lowest BCUT2D eigenvalue weighted by Crippen LogP contribution is -2.54. The second kappa shape index (κ2) is 9.74. The standard InChI is InChI=1S/C11H26N4O3S.HI/c1-9(7-18-5)14-10(12-4)13-8-11(2,3)15-19(6,16)17;/h9,15H,7-8H2,1-6H3,(H2,12,13,14);1H. The molecule has 0 aliphatic carbocycles. The Hall–Kier alpha value is -0.130. The molecule has 0 aliphatic rings. The third-order valence-corrected chi connectivity index (χ3v) is 3.11. The van der Waals surface area contributed by atoms with Gasteiger partial charge in [0.15, 0.2) is 5.96 Å². The highest BCUT2D eigenvalue weighted by Gasteiger charge is 2.22. The molecule has 3 N–H and O–H groups in total. The lowest BCUT2D eigenvalue weighted by molar-refractivity contribution is 0.179. The van der Waals surface area contributed by atoms with E-state index in [-0.39, 0.29) is 30.0 Å². The summed E-state index contributed by atoms with van der Waals surface area (Å²) in [5.41, 5.74) is -0.601. The van der Waals surface area contributed by atoms with E-state index in [4.69, 9.17) is 4.74 Å². The van der Waals surface area contributed by atoms with Gasteiger partial charge in [-0.1, -0.05) is 0 Å². The number of guanidine groups is 1. The average molecular weight is 422 g/mol. The Morgan fingerprint density at radius 2 is 1.95 bits per heavy atom. The van der Waals surface area contributed by atoms with Crippen LogP contribution in [0.3, 0.4) is 0 Å². The first-order chi connectivity index (χ1) is 8.59. The van der Waals surface area contributed by atoms with Crippen molar-refractivity contribution in [1.82, 2.24) is 15.4 Å². The summed E-state index contributed by atoms with van der Waals surface area (Å²) in [6, 6.07) is 0.113. The van der Waals surface area contributed by atoms with E-state index in [1.165, 1.54) is 0 Å². The fourth-order valence-corrected chi connectivity index (χ4v) is 2.64. The number of halogens is 1. The lowest BCUT2D eigenvalue weighted by atomic mass is 10.1. The SMILES string of the molecule is CN=C(NCC(C)(C)NS(C)(=O)=O)NC(C)COC.I. The van der Waals surface area contributed by atoms with Crippen molar-refractivity contribution in [2.45, 2.75) is 32.4 Å². The van der Waals surface area contributed by atoms with Crippen molar-refractivity contribution >= 4 is 40.0 Å². The third-order valence-electron chi connectivity index (χ3n) is 2.18. The molecule has 0 saturated carbocycles. The number of nitrogens with zero attached hydrogens (tertiary/aromatic N) is 1. The van der Waals surface area contributed by atoms with Crippen LogP contribution in [0.5, 0.6) is 0 Å². The highest BCUT2D eigenvalue weighted by Crippen LogP contribution is 2.01. The Labute approximate surface area is 139 Å². The van der Waals surface area contributed by atoms with Crippen LogP contribution < -0.4 is 15.4 Å². The second-order valence-electron chi connectivity index (χ2n) is 5.18. The molecular formula is C11H27IN4O3S. The summed E-state index contributed by atoms with van der Waals surface area (Å²) in [5.74, 6) is 0.605. The average Bonchev–Trinajstić information content (AvgIpc) is 2.21. The van der Waals surface area contributed by atoms with Crippen molar-refractivity contribution in [3.8, 4) is 0 Å². The minimum Gasteiger partial charge on any atom is -0.383 e. The molecule has 0 aromatic carbocycles. The van der Waals surface area contributed by atoms with Gasteiger partial charge in [-0.2, -0.15) is 0 Å². The van der Waals surface area contributed by atoms with Gasteiger partial charge in [0, 0.05) is 32.3 Å². The first-order valence-corrected chi connectivity index (χ1v) is 7.94. The van der Waals surface area contributed by atoms with E-state index in [0.717, 1.165) is 6.26 Å². The maximum atomic E-state index is 11.2. The van der Waals surface area contributed by atoms with E-state index >= 15 is 0 Å². The minimum absolute atomic E-state index is 0. The van der Waals surface area contributed by atoms with Crippen LogP contribution in [0.25, 0.3) is 0 Å². The molecule has 1 atom stereocenters. The molecule has 0 fully saturated rings. The van der Waals surface area contributed by atoms with Gasteiger partial charge in [0.1, 0.15) is 0 Å². The Morgan fingerprint density at radius 3 is 2.35 bits per heavy atom. The van der Waals surface area contributed by atoms with Gasteiger partial charge in [-0.15, -0.1) is 24.0 Å². The van der Waals surface area contributed by atoms with Gasteiger partial charge in [0.05, 0.1) is 12.9 Å². The fourth-order valence-electron chi connectivity index (χ4n) is 1.56. The molecular weight excluding hydrogens is 395 g/mol. The Balaban J connectivity index is 0. The molecule has 0 heterocycles. The van der Waals surface area contributed by atoms with E-state index in [2.05, 4.69) is 20.3 Å². The minimum atomic E-state index is -3.24. The van der Waals surface area contributed by atoms with Gasteiger partial charge >= 0.3 is 0 Å². The van der Waals surface area contributed by atoms with Crippen LogP contribution >= 0.6 is 24.0 Å². The van der Waals surface area contributed by atoms with Gasteiger partial charge in [-0.3, -0.25) is 4.99 Å². The van der Waals surface area contributed by atoms with Gasteiger partial charge in [-0.25, -0.2) is 13.1 Å². The molecule has 0 radical (unpaired) electrons. The monoisotopic (exact) mass is 422 g/mol. The zero-order valence-corrected chi connectivity index (χ0v) is 16.1. The van der Waals surface area contributed by atoms with E-state index in [1.54, 1.807) is 28.0 Å². The molecule has 7 nitrogen and oxygen atoms in total. The molecule has 0 aliphatic heterocycles. The summed E-state index contributed by atoms with van der Waals surface area (Å²) in [5, 5.41) is 6.22.